The maximum absolute atomic E-state index is 11.1. The average Bonchev–Trinajstić information content (AvgIpc) is 2.35. The second-order valence-electron chi connectivity index (χ2n) is 4.68. The van der Waals surface area contributed by atoms with E-state index in [0.717, 1.165) is 18.4 Å². The van der Waals surface area contributed by atoms with Crippen LogP contribution in [0.5, 0.6) is 0 Å². The monoisotopic (exact) mass is 268 g/mol. The quantitative estimate of drug-likeness (QED) is 0.569. The lowest BCUT2D eigenvalue weighted by atomic mass is 9.96. The van der Waals surface area contributed by atoms with Crippen molar-refractivity contribution in [2.75, 3.05) is 0 Å². The second-order valence-corrected chi connectivity index (χ2v) is 5.62. The van der Waals surface area contributed by atoms with E-state index in [9.17, 15) is 4.21 Å². The van der Waals surface area contributed by atoms with Crippen LogP contribution in [0, 0.1) is 0 Å². The van der Waals surface area contributed by atoms with Crippen molar-refractivity contribution in [2.45, 2.75) is 58.1 Å². The van der Waals surface area contributed by atoms with E-state index in [4.69, 9.17) is 4.55 Å². The van der Waals surface area contributed by atoms with Gasteiger partial charge in [-0.15, -0.1) is 0 Å². The maximum atomic E-state index is 11.1. The molecule has 1 rings (SSSR count). The molecule has 0 aliphatic rings. The number of hydrogen-bond acceptors (Lipinski definition) is 1. The smallest absolute Gasteiger partial charge is 0.157 e. The summed E-state index contributed by atoms with van der Waals surface area (Å²) in [4.78, 5) is 0. The fourth-order valence-electron chi connectivity index (χ4n) is 2.30. The molecule has 102 valence electrons. The van der Waals surface area contributed by atoms with Gasteiger partial charge in [0.1, 0.15) is 0 Å². The van der Waals surface area contributed by atoms with E-state index in [1.54, 1.807) is 0 Å². The molecule has 1 unspecified atom stereocenters. The Balaban J connectivity index is 2.78. The van der Waals surface area contributed by atoms with Gasteiger partial charge in [-0.3, -0.25) is 0 Å². The molecule has 0 saturated carbocycles. The molecule has 0 aliphatic carbocycles. The minimum Gasteiger partial charge on any atom is -0.306 e. The number of hydrogen-bond donors (Lipinski definition) is 1. The van der Waals surface area contributed by atoms with Gasteiger partial charge in [-0.05, 0) is 36.0 Å². The molecule has 0 aliphatic heterocycles. The van der Waals surface area contributed by atoms with Gasteiger partial charge in [-0.2, -0.15) is 0 Å². The predicted octanol–water partition coefficient (Wildman–Crippen LogP) is 4.09. The van der Waals surface area contributed by atoms with Crippen LogP contribution in [0.25, 0.3) is 0 Å². The second kappa shape index (κ2) is 8.44. The van der Waals surface area contributed by atoms with Crippen molar-refractivity contribution in [3.8, 4) is 0 Å². The molecule has 0 amide bonds. The van der Waals surface area contributed by atoms with Gasteiger partial charge in [-0.25, -0.2) is 4.21 Å². The summed E-state index contributed by atoms with van der Waals surface area (Å²) in [5, 5.41) is 0. The van der Waals surface area contributed by atoms with Crippen LogP contribution in [0.4, 0.5) is 0 Å². The van der Waals surface area contributed by atoms with E-state index in [1.807, 2.05) is 0 Å². The number of benzene rings is 1. The zero-order chi connectivity index (χ0) is 13.4. The molecule has 1 N–H and O–H groups in total. The third kappa shape index (κ3) is 4.91. The van der Waals surface area contributed by atoms with Gasteiger partial charge in [0.15, 0.2) is 11.1 Å². The lowest BCUT2D eigenvalue weighted by molar-refractivity contribution is 0.563. The summed E-state index contributed by atoms with van der Waals surface area (Å²) in [5.74, 6) is 0.271. The Kier molecular flexibility index (Phi) is 7.21. The van der Waals surface area contributed by atoms with Crippen LogP contribution in [0.15, 0.2) is 18.2 Å². The Morgan fingerprint density at radius 1 is 1.11 bits per heavy atom. The van der Waals surface area contributed by atoms with Crippen LogP contribution >= 0.6 is 0 Å². The van der Waals surface area contributed by atoms with Crippen LogP contribution < -0.4 is 0 Å². The minimum absolute atomic E-state index is 0.271. The van der Waals surface area contributed by atoms with E-state index >= 15 is 0 Å². The molecule has 0 aromatic heterocycles. The van der Waals surface area contributed by atoms with Crippen LogP contribution in [-0.4, -0.2) is 8.76 Å². The molecule has 0 fully saturated rings. The highest BCUT2D eigenvalue weighted by molar-refractivity contribution is 7.78. The molecular formula is C15H24O2S. The molecule has 3 heteroatoms. The van der Waals surface area contributed by atoms with Crippen molar-refractivity contribution in [2.24, 2.45) is 0 Å². The van der Waals surface area contributed by atoms with E-state index < -0.39 is 11.1 Å². The zero-order valence-corrected chi connectivity index (χ0v) is 12.3. The predicted molar refractivity (Wildman–Crippen MR) is 78.1 cm³/mol. The van der Waals surface area contributed by atoms with Gasteiger partial charge in [0.05, 0.1) is 5.75 Å². The topological polar surface area (TPSA) is 37.3 Å². The molecule has 1 aromatic carbocycles. The first-order valence-electron chi connectivity index (χ1n) is 6.86. The number of aryl methyl sites for hydroxylation is 2. The van der Waals surface area contributed by atoms with Gasteiger partial charge in [0, 0.05) is 0 Å². The Morgan fingerprint density at radius 2 is 1.83 bits per heavy atom. The molecule has 1 atom stereocenters. The summed E-state index contributed by atoms with van der Waals surface area (Å²) in [6.07, 6.45) is 6.88. The van der Waals surface area contributed by atoms with Crippen LogP contribution in [0.1, 0.15) is 56.2 Å². The van der Waals surface area contributed by atoms with E-state index in [1.165, 1.54) is 36.8 Å². The van der Waals surface area contributed by atoms with Gasteiger partial charge in [0.2, 0.25) is 0 Å². The first-order valence-corrected chi connectivity index (χ1v) is 8.13. The fraction of sp³-hybridized carbons (Fsp3) is 0.600. The molecular weight excluding hydrogens is 244 g/mol. The van der Waals surface area contributed by atoms with Gasteiger partial charge in [0.25, 0.3) is 0 Å². The lowest BCUT2D eigenvalue weighted by Gasteiger charge is -2.12. The summed E-state index contributed by atoms with van der Waals surface area (Å²) < 4.78 is 20.2. The van der Waals surface area contributed by atoms with Crippen molar-refractivity contribution in [1.29, 1.82) is 0 Å². The molecule has 0 heterocycles. The highest BCUT2D eigenvalue weighted by atomic mass is 32.2. The summed E-state index contributed by atoms with van der Waals surface area (Å²) in [5.41, 5.74) is 3.57. The van der Waals surface area contributed by atoms with E-state index in [0.29, 0.717) is 0 Å². The van der Waals surface area contributed by atoms with Crippen molar-refractivity contribution >= 4 is 11.1 Å². The lowest BCUT2D eigenvalue weighted by Crippen LogP contribution is -2.03. The van der Waals surface area contributed by atoms with E-state index in [2.05, 4.69) is 32.0 Å². The number of rotatable bonds is 8. The molecule has 0 radical (unpaired) electrons. The van der Waals surface area contributed by atoms with Gasteiger partial charge < -0.3 is 4.55 Å². The van der Waals surface area contributed by atoms with Gasteiger partial charge in [-0.1, -0.05) is 51.3 Å². The summed E-state index contributed by atoms with van der Waals surface area (Å²) >= 11 is -1.75. The molecule has 1 aromatic rings. The highest BCUT2D eigenvalue weighted by Crippen LogP contribution is 2.20. The molecule has 0 spiro atoms. The van der Waals surface area contributed by atoms with Crippen LogP contribution in [0.2, 0.25) is 0 Å². The van der Waals surface area contributed by atoms with Crippen molar-refractivity contribution < 1.29 is 8.76 Å². The normalized spacial score (nSPS) is 12.6. The Bertz CT molecular complexity index is 388. The standard InChI is InChI=1S/C15H24O2S/c1-3-5-6-7-9-14-11-8-10-13(4-2)15(14)12-18(16)17/h8,10-11H,3-7,9,12H2,1-2H3,(H,16,17). The molecule has 18 heavy (non-hydrogen) atoms. The fourth-order valence-corrected chi connectivity index (χ4v) is 2.92. The third-order valence-corrected chi connectivity index (χ3v) is 3.85. The molecule has 0 bridgehead atoms. The number of unbranched alkanes of at least 4 members (excludes halogenated alkanes) is 3. The molecule has 2 nitrogen and oxygen atoms in total. The largest absolute Gasteiger partial charge is 0.306 e. The Morgan fingerprint density at radius 3 is 2.44 bits per heavy atom. The van der Waals surface area contributed by atoms with Gasteiger partial charge >= 0.3 is 0 Å². The Labute approximate surface area is 113 Å². The summed E-state index contributed by atoms with van der Waals surface area (Å²) in [7, 11) is 0. The van der Waals surface area contributed by atoms with Crippen LogP contribution in [0.3, 0.4) is 0 Å². The van der Waals surface area contributed by atoms with E-state index in [-0.39, 0.29) is 5.75 Å². The van der Waals surface area contributed by atoms with Crippen molar-refractivity contribution in [1.82, 2.24) is 0 Å². The SMILES string of the molecule is CCCCCCc1cccc(CC)c1CS(=O)O. The molecule has 0 saturated heterocycles. The summed E-state index contributed by atoms with van der Waals surface area (Å²) in [6, 6.07) is 6.24. The van der Waals surface area contributed by atoms with Crippen molar-refractivity contribution in [3.05, 3.63) is 34.9 Å². The highest BCUT2D eigenvalue weighted by Gasteiger charge is 2.09. The third-order valence-electron chi connectivity index (χ3n) is 3.32. The average molecular weight is 268 g/mol. The summed E-state index contributed by atoms with van der Waals surface area (Å²) in [6.45, 7) is 4.30. The van der Waals surface area contributed by atoms with Crippen LogP contribution in [-0.2, 0) is 29.7 Å². The maximum Gasteiger partial charge on any atom is 0.157 e. The first-order chi connectivity index (χ1) is 8.69. The Hall–Kier alpha value is -0.670. The van der Waals surface area contributed by atoms with Crippen molar-refractivity contribution in [3.63, 3.8) is 0 Å². The zero-order valence-electron chi connectivity index (χ0n) is 11.4. The minimum atomic E-state index is -1.75. The first kappa shape index (κ1) is 15.4.